The van der Waals surface area contributed by atoms with Crippen molar-refractivity contribution in [3.63, 3.8) is 0 Å². The third-order valence-electron chi connectivity index (χ3n) is 7.10. The van der Waals surface area contributed by atoms with Crippen LogP contribution in [0.25, 0.3) is 0 Å². The maximum absolute atomic E-state index is 13.2. The molecule has 0 aromatic heterocycles. The Morgan fingerprint density at radius 2 is 1.84 bits per heavy atom. The van der Waals surface area contributed by atoms with Crippen molar-refractivity contribution in [2.24, 2.45) is 17.8 Å². The summed E-state index contributed by atoms with van der Waals surface area (Å²) in [6.45, 7) is 5.31. The van der Waals surface area contributed by atoms with Crippen LogP contribution in [0.5, 0.6) is 5.75 Å². The molecule has 1 aromatic rings. The highest BCUT2D eigenvalue weighted by Gasteiger charge is 2.44. The van der Waals surface area contributed by atoms with Crippen molar-refractivity contribution < 1.29 is 39.5 Å². The van der Waals surface area contributed by atoms with Crippen LogP contribution in [0.2, 0.25) is 5.02 Å². The zero-order valence-electron chi connectivity index (χ0n) is 21.4. The Kier molecular flexibility index (Phi) is 9.80. The Morgan fingerprint density at radius 1 is 1.16 bits per heavy atom. The molecule has 0 saturated heterocycles. The van der Waals surface area contributed by atoms with Crippen molar-refractivity contribution in [2.45, 2.75) is 82.9 Å². The molecule has 0 saturated carbocycles. The first-order chi connectivity index (χ1) is 17.4. The second-order valence-electron chi connectivity index (χ2n) is 10.6. The van der Waals surface area contributed by atoms with E-state index in [1.807, 2.05) is 12.2 Å². The average molecular weight is 537 g/mol. The van der Waals surface area contributed by atoms with Crippen LogP contribution < -0.4 is 4.74 Å². The highest BCUT2D eigenvalue weighted by atomic mass is 35.5. The number of benzene rings is 1. The Hall–Kier alpha value is -2.39. The van der Waals surface area contributed by atoms with E-state index in [1.54, 1.807) is 44.2 Å². The third kappa shape index (κ3) is 8.04. The second-order valence-corrected chi connectivity index (χ2v) is 11.0. The van der Waals surface area contributed by atoms with Crippen LogP contribution in [0.3, 0.4) is 0 Å². The molecule has 0 spiro atoms. The fourth-order valence-electron chi connectivity index (χ4n) is 5.21. The molecule has 9 heteroatoms. The first kappa shape index (κ1) is 29.2. The van der Waals surface area contributed by atoms with Crippen molar-refractivity contribution in [2.75, 3.05) is 0 Å². The van der Waals surface area contributed by atoms with Crippen LogP contribution in [0.15, 0.2) is 48.1 Å². The molecule has 0 amide bonds. The van der Waals surface area contributed by atoms with Gasteiger partial charge in [-0.1, -0.05) is 36.8 Å². The first-order valence-electron chi connectivity index (χ1n) is 12.7. The number of fused-ring (bicyclic) bond motifs is 1. The van der Waals surface area contributed by atoms with Gasteiger partial charge in [-0.25, -0.2) is 4.79 Å². The van der Waals surface area contributed by atoms with Gasteiger partial charge in [-0.3, -0.25) is 4.79 Å². The summed E-state index contributed by atoms with van der Waals surface area (Å²) >= 11 is 5.93. The number of esters is 1. The molecule has 0 aliphatic heterocycles. The minimum absolute atomic E-state index is 0.00751. The lowest BCUT2D eigenvalue weighted by molar-refractivity contribution is -0.170. The normalized spacial score (nSPS) is 27.0. The van der Waals surface area contributed by atoms with Crippen molar-refractivity contribution in [3.8, 4) is 5.75 Å². The average Bonchev–Trinajstić information content (AvgIpc) is 2.79. The lowest BCUT2D eigenvalue weighted by Crippen LogP contribution is -2.47. The van der Waals surface area contributed by atoms with E-state index in [1.165, 1.54) is 0 Å². The smallest absolute Gasteiger partial charge is 0.350 e. The van der Waals surface area contributed by atoms with E-state index in [0.29, 0.717) is 23.6 Å². The summed E-state index contributed by atoms with van der Waals surface area (Å²) in [5, 5.41) is 40.2. The molecule has 2 aliphatic rings. The lowest BCUT2D eigenvalue weighted by Gasteiger charge is -2.43. The second kappa shape index (κ2) is 12.4. The molecule has 0 fully saturated rings. The Morgan fingerprint density at radius 3 is 2.49 bits per heavy atom. The number of hydrogen-bond acceptors (Lipinski definition) is 7. The molecule has 37 heavy (non-hydrogen) atoms. The van der Waals surface area contributed by atoms with E-state index in [4.69, 9.17) is 26.2 Å². The van der Waals surface area contributed by atoms with Gasteiger partial charge in [-0.15, -0.1) is 0 Å². The number of aliphatic hydroxyl groups is 3. The summed E-state index contributed by atoms with van der Waals surface area (Å²) in [4.78, 5) is 24.0. The third-order valence-corrected chi connectivity index (χ3v) is 7.35. The Balaban J connectivity index is 1.71. The number of aliphatic hydroxyl groups excluding tert-OH is 3. The van der Waals surface area contributed by atoms with Gasteiger partial charge in [0.05, 0.1) is 24.7 Å². The number of hydrogen-bond donors (Lipinski definition) is 4. The topological polar surface area (TPSA) is 134 Å². The predicted molar refractivity (Wildman–Crippen MR) is 138 cm³/mol. The van der Waals surface area contributed by atoms with Gasteiger partial charge in [-0.2, -0.15) is 0 Å². The molecule has 0 unspecified atom stereocenters. The lowest BCUT2D eigenvalue weighted by atomic mass is 9.66. The number of carbonyl (C=O) groups excluding carboxylic acids is 1. The van der Waals surface area contributed by atoms with Crippen LogP contribution >= 0.6 is 11.6 Å². The summed E-state index contributed by atoms with van der Waals surface area (Å²) in [5.41, 5.74) is -0.404. The number of carboxylic acid groups (broad SMARTS) is 1. The van der Waals surface area contributed by atoms with Gasteiger partial charge in [0.25, 0.3) is 0 Å². The van der Waals surface area contributed by atoms with Gasteiger partial charge < -0.3 is 29.9 Å². The molecule has 0 heterocycles. The number of halogens is 1. The van der Waals surface area contributed by atoms with E-state index in [-0.39, 0.29) is 30.6 Å². The van der Waals surface area contributed by atoms with Crippen LogP contribution in [0.1, 0.15) is 52.9 Å². The molecule has 2 aliphatic carbocycles. The monoisotopic (exact) mass is 536 g/mol. The summed E-state index contributed by atoms with van der Waals surface area (Å²) in [5.74, 6) is -1.26. The molecule has 8 nitrogen and oxygen atoms in total. The van der Waals surface area contributed by atoms with Gasteiger partial charge in [0.2, 0.25) is 0 Å². The molecule has 3 rings (SSSR count). The maximum Gasteiger partial charge on any atom is 0.350 e. The summed E-state index contributed by atoms with van der Waals surface area (Å²) in [7, 11) is 0. The highest BCUT2D eigenvalue weighted by molar-refractivity contribution is 6.30. The molecule has 0 radical (unpaired) electrons. The molecule has 0 bridgehead atoms. The van der Waals surface area contributed by atoms with E-state index in [0.717, 1.165) is 5.57 Å². The van der Waals surface area contributed by atoms with E-state index in [9.17, 15) is 24.9 Å². The standard InChI is InChI=1S/C28H37ClO8/c1-16-4-5-17-12-20(31)14-24(26(17)23(16)11-8-19(30)13-21(32)15-25(33)34)36-27(35)28(2,3)37-22-9-6-18(29)7-10-22/h4-7,9-10,12,16,19-21,23-24,26,30-32H,8,11,13-15H2,1-3H3,(H,33,34)/t16-,19-,20-,21-,23+,24+,26+/m1/s1. The molecule has 7 atom stereocenters. The van der Waals surface area contributed by atoms with Gasteiger partial charge >= 0.3 is 11.9 Å². The number of ether oxygens (including phenoxy) is 2. The van der Waals surface area contributed by atoms with Gasteiger partial charge in [0, 0.05) is 17.4 Å². The SMILES string of the molecule is C[C@@H]1C=CC2=C[C@@H](O)C[C@H](OC(=O)C(C)(C)Oc3ccc(Cl)cc3)[C@@H]2[C@H]1CC[C@@H](O)C[C@@H](O)CC(=O)O. The Bertz CT molecular complexity index is 1000. The molecular weight excluding hydrogens is 500 g/mol. The van der Waals surface area contributed by atoms with Crippen LogP contribution in [0.4, 0.5) is 0 Å². The summed E-state index contributed by atoms with van der Waals surface area (Å²) < 4.78 is 11.9. The molecule has 1 aromatic carbocycles. The predicted octanol–water partition coefficient (Wildman–Crippen LogP) is 3.91. The highest BCUT2D eigenvalue weighted by Crippen LogP contribution is 2.44. The van der Waals surface area contributed by atoms with Crippen molar-refractivity contribution in [1.82, 2.24) is 0 Å². The van der Waals surface area contributed by atoms with Gasteiger partial charge in [-0.05, 0) is 74.8 Å². The summed E-state index contributed by atoms with van der Waals surface area (Å²) in [6, 6.07) is 6.68. The minimum Gasteiger partial charge on any atom is -0.481 e. The van der Waals surface area contributed by atoms with Gasteiger partial charge in [0.15, 0.2) is 5.60 Å². The van der Waals surface area contributed by atoms with Crippen molar-refractivity contribution in [1.29, 1.82) is 0 Å². The zero-order chi connectivity index (χ0) is 27.3. The number of carboxylic acids is 1. The number of allylic oxidation sites excluding steroid dienone is 2. The molecule has 4 N–H and O–H groups in total. The van der Waals surface area contributed by atoms with E-state index < -0.39 is 48.4 Å². The Labute approximate surface area is 222 Å². The zero-order valence-corrected chi connectivity index (χ0v) is 22.2. The molecule has 204 valence electrons. The molecular formula is C28H37ClO8. The maximum atomic E-state index is 13.2. The van der Waals surface area contributed by atoms with Crippen LogP contribution in [-0.4, -0.2) is 62.4 Å². The largest absolute Gasteiger partial charge is 0.481 e. The first-order valence-corrected chi connectivity index (χ1v) is 13.0. The van der Waals surface area contributed by atoms with E-state index in [2.05, 4.69) is 6.92 Å². The minimum atomic E-state index is -1.29. The van der Waals surface area contributed by atoms with Crippen LogP contribution in [0, 0.1) is 17.8 Å². The quantitative estimate of drug-likeness (QED) is 0.313. The number of carbonyl (C=O) groups is 2. The fraction of sp³-hybridized carbons (Fsp3) is 0.571. The number of rotatable bonds is 11. The van der Waals surface area contributed by atoms with Crippen molar-refractivity contribution >= 4 is 23.5 Å². The van der Waals surface area contributed by atoms with E-state index >= 15 is 0 Å². The fourth-order valence-corrected chi connectivity index (χ4v) is 5.33. The van der Waals surface area contributed by atoms with Crippen molar-refractivity contribution in [3.05, 3.63) is 53.1 Å². The summed E-state index contributed by atoms with van der Waals surface area (Å²) in [6.07, 6.45) is 3.18. The van der Waals surface area contributed by atoms with Crippen LogP contribution in [-0.2, 0) is 14.3 Å². The van der Waals surface area contributed by atoms with Gasteiger partial charge in [0.1, 0.15) is 11.9 Å². The number of aliphatic carboxylic acids is 1.